The highest BCUT2D eigenvalue weighted by Gasteiger charge is 2.12. The highest BCUT2D eigenvalue weighted by atomic mass is 35.5. The van der Waals surface area contributed by atoms with Gasteiger partial charge in [-0.15, -0.1) is 0 Å². The van der Waals surface area contributed by atoms with Gasteiger partial charge in [-0.2, -0.15) is 0 Å². The number of benzene rings is 1. The number of ether oxygens (including phenoxy) is 3. The van der Waals surface area contributed by atoms with Gasteiger partial charge in [0.1, 0.15) is 0 Å². The van der Waals surface area contributed by atoms with Gasteiger partial charge in [0.15, 0.2) is 17.8 Å². The van der Waals surface area contributed by atoms with Crippen molar-refractivity contribution >= 4 is 17.9 Å². The fourth-order valence-corrected chi connectivity index (χ4v) is 1.68. The second-order valence-electron chi connectivity index (χ2n) is 3.54. The maximum atomic E-state index is 11.0. The molecule has 0 bridgehead atoms. The van der Waals surface area contributed by atoms with E-state index in [0.717, 1.165) is 6.42 Å². The number of aldehydes is 1. The third-order valence-electron chi connectivity index (χ3n) is 2.28. The molecule has 0 aliphatic rings. The quantitative estimate of drug-likeness (QED) is 0.539. The fourth-order valence-electron chi connectivity index (χ4n) is 1.46. The molecule has 5 heteroatoms. The first kappa shape index (κ1) is 14.8. The number of carbonyl (C=O) groups excluding carboxylic acids is 1. The minimum absolute atomic E-state index is 0.385. The molecular formula is C13H17ClO4. The molecule has 1 aromatic rings. The summed E-state index contributed by atoms with van der Waals surface area (Å²) in [6, 6.07) is 3.17. The topological polar surface area (TPSA) is 44.8 Å². The van der Waals surface area contributed by atoms with Gasteiger partial charge in [0, 0.05) is 30.7 Å². The molecule has 0 unspecified atom stereocenters. The molecule has 0 aliphatic heterocycles. The monoisotopic (exact) mass is 272 g/mol. The van der Waals surface area contributed by atoms with Crippen molar-refractivity contribution in [1.29, 1.82) is 0 Å². The van der Waals surface area contributed by atoms with Crippen molar-refractivity contribution in [2.24, 2.45) is 0 Å². The van der Waals surface area contributed by atoms with E-state index in [2.05, 4.69) is 0 Å². The second-order valence-corrected chi connectivity index (χ2v) is 3.98. The zero-order chi connectivity index (χ0) is 13.4. The van der Waals surface area contributed by atoms with Crippen molar-refractivity contribution in [2.45, 2.75) is 13.3 Å². The van der Waals surface area contributed by atoms with Gasteiger partial charge in [-0.25, -0.2) is 0 Å². The minimum Gasteiger partial charge on any atom is -0.493 e. The molecule has 0 aromatic heterocycles. The van der Waals surface area contributed by atoms with E-state index in [1.807, 2.05) is 6.92 Å². The Morgan fingerprint density at radius 1 is 1.33 bits per heavy atom. The molecule has 0 spiro atoms. The summed E-state index contributed by atoms with van der Waals surface area (Å²) in [6.45, 7) is 3.71. The smallest absolute Gasteiger partial charge is 0.171 e. The van der Waals surface area contributed by atoms with Crippen LogP contribution >= 0.6 is 11.6 Å². The largest absolute Gasteiger partial charge is 0.493 e. The molecule has 1 aromatic carbocycles. The Bertz CT molecular complexity index is 393. The standard InChI is InChI=1S/C13H17ClO4/c1-3-17-5-4-6-18-13-10(9-15)7-11(14)8-12(13)16-2/h7-9H,3-6H2,1-2H3. The molecule has 100 valence electrons. The van der Waals surface area contributed by atoms with Crippen LogP contribution in [0.3, 0.4) is 0 Å². The summed E-state index contributed by atoms with van der Waals surface area (Å²) >= 11 is 5.87. The number of halogens is 1. The molecule has 18 heavy (non-hydrogen) atoms. The van der Waals surface area contributed by atoms with Crippen molar-refractivity contribution in [1.82, 2.24) is 0 Å². The molecule has 0 aliphatic carbocycles. The Balaban J connectivity index is 2.70. The van der Waals surface area contributed by atoms with E-state index in [1.165, 1.54) is 7.11 Å². The van der Waals surface area contributed by atoms with Crippen LogP contribution in [0.5, 0.6) is 11.5 Å². The van der Waals surface area contributed by atoms with Gasteiger partial charge >= 0.3 is 0 Å². The third-order valence-corrected chi connectivity index (χ3v) is 2.50. The van der Waals surface area contributed by atoms with E-state index in [-0.39, 0.29) is 0 Å². The van der Waals surface area contributed by atoms with E-state index >= 15 is 0 Å². The van der Waals surface area contributed by atoms with Gasteiger partial charge in [-0.1, -0.05) is 11.6 Å². The molecule has 0 heterocycles. The molecule has 1 rings (SSSR count). The average molecular weight is 273 g/mol. The molecule has 4 nitrogen and oxygen atoms in total. The normalized spacial score (nSPS) is 10.2. The van der Waals surface area contributed by atoms with E-state index in [9.17, 15) is 4.79 Å². The van der Waals surface area contributed by atoms with Crippen molar-refractivity contribution in [3.8, 4) is 11.5 Å². The number of carbonyl (C=O) groups is 1. The maximum Gasteiger partial charge on any atom is 0.171 e. The zero-order valence-corrected chi connectivity index (χ0v) is 11.3. The van der Waals surface area contributed by atoms with Crippen LogP contribution in [0.4, 0.5) is 0 Å². The van der Waals surface area contributed by atoms with Crippen molar-refractivity contribution in [3.05, 3.63) is 22.7 Å². The molecule has 0 amide bonds. The van der Waals surface area contributed by atoms with Crippen LogP contribution in [0.1, 0.15) is 23.7 Å². The first-order valence-electron chi connectivity index (χ1n) is 5.76. The predicted molar refractivity (Wildman–Crippen MR) is 70.0 cm³/mol. The van der Waals surface area contributed by atoms with Crippen LogP contribution in [0.15, 0.2) is 12.1 Å². The lowest BCUT2D eigenvalue weighted by Gasteiger charge is -2.13. The van der Waals surface area contributed by atoms with Gasteiger partial charge < -0.3 is 14.2 Å². The van der Waals surface area contributed by atoms with Crippen molar-refractivity contribution in [3.63, 3.8) is 0 Å². The van der Waals surface area contributed by atoms with Crippen LogP contribution in [0, 0.1) is 0 Å². The molecule has 0 N–H and O–H groups in total. The lowest BCUT2D eigenvalue weighted by Crippen LogP contribution is -2.05. The van der Waals surface area contributed by atoms with Gasteiger partial charge in [0.2, 0.25) is 0 Å². The highest BCUT2D eigenvalue weighted by molar-refractivity contribution is 6.31. The van der Waals surface area contributed by atoms with Gasteiger partial charge in [-0.05, 0) is 13.0 Å². The second kappa shape index (κ2) is 7.95. The molecule has 0 saturated carbocycles. The summed E-state index contributed by atoms with van der Waals surface area (Å²) in [5, 5.41) is 0.440. The first-order valence-corrected chi connectivity index (χ1v) is 6.14. The van der Waals surface area contributed by atoms with Crippen LogP contribution in [-0.2, 0) is 4.74 Å². The third kappa shape index (κ3) is 4.20. The van der Waals surface area contributed by atoms with Gasteiger partial charge in [0.05, 0.1) is 19.3 Å². The Morgan fingerprint density at radius 2 is 2.11 bits per heavy atom. The molecular weight excluding hydrogens is 256 g/mol. The summed E-state index contributed by atoms with van der Waals surface area (Å²) in [5.74, 6) is 0.884. The zero-order valence-electron chi connectivity index (χ0n) is 10.6. The number of rotatable bonds is 8. The molecule has 0 saturated heterocycles. The SMILES string of the molecule is CCOCCCOc1c(C=O)cc(Cl)cc1OC. The highest BCUT2D eigenvalue weighted by Crippen LogP contribution is 2.33. The number of hydrogen-bond acceptors (Lipinski definition) is 4. The molecule has 0 fully saturated rings. The summed E-state index contributed by atoms with van der Waals surface area (Å²) < 4.78 is 15.9. The Hall–Kier alpha value is -1.26. The Kier molecular flexibility index (Phi) is 6.54. The minimum atomic E-state index is 0.385. The van der Waals surface area contributed by atoms with Crippen LogP contribution < -0.4 is 9.47 Å². The average Bonchev–Trinajstić information content (AvgIpc) is 2.39. The van der Waals surface area contributed by atoms with E-state index in [0.29, 0.717) is 48.2 Å². The van der Waals surface area contributed by atoms with Crippen molar-refractivity contribution < 1.29 is 19.0 Å². The maximum absolute atomic E-state index is 11.0. The summed E-state index contributed by atoms with van der Waals surface area (Å²) in [7, 11) is 1.51. The fraction of sp³-hybridized carbons (Fsp3) is 0.462. The van der Waals surface area contributed by atoms with E-state index in [4.69, 9.17) is 25.8 Å². The van der Waals surface area contributed by atoms with Crippen LogP contribution in [-0.4, -0.2) is 33.2 Å². The number of hydrogen-bond donors (Lipinski definition) is 0. The van der Waals surface area contributed by atoms with E-state index in [1.54, 1.807) is 12.1 Å². The Labute approximate surface area is 112 Å². The predicted octanol–water partition coefficient (Wildman–Crippen LogP) is 2.97. The summed E-state index contributed by atoms with van der Waals surface area (Å²) in [5.41, 5.74) is 0.385. The van der Waals surface area contributed by atoms with Crippen LogP contribution in [0.2, 0.25) is 5.02 Å². The lowest BCUT2D eigenvalue weighted by atomic mass is 10.2. The van der Waals surface area contributed by atoms with Crippen LogP contribution in [0.25, 0.3) is 0 Å². The number of methoxy groups -OCH3 is 1. The Morgan fingerprint density at radius 3 is 2.72 bits per heavy atom. The van der Waals surface area contributed by atoms with Crippen molar-refractivity contribution in [2.75, 3.05) is 26.9 Å². The summed E-state index contributed by atoms with van der Waals surface area (Å²) in [6.07, 6.45) is 1.45. The van der Waals surface area contributed by atoms with E-state index < -0.39 is 0 Å². The summed E-state index contributed by atoms with van der Waals surface area (Å²) in [4.78, 5) is 11.0. The van der Waals surface area contributed by atoms with Gasteiger partial charge in [-0.3, -0.25) is 4.79 Å². The molecule has 0 radical (unpaired) electrons. The van der Waals surface area contributed by atoms with Gasteiger partial charge in [0.25, 0.3) is 0 Å². The lowest BCUT2D eigenvalue weighted by molar-refractivity contribution is 0.111. The molecule has 0 atom stereocenters. The first-order chi connectivity index (χ1) is 8.72.